The molecular formula is C27H27N3O6. The van der Waals surface area contributed by atoms with Crippen molar-refractivity contribution in [2.75, 3.05) is 25.5 Å². The van der Waals surface area contributed by atoms with E-state index in [1.807, 2.05) is 43.3 Å². The first-order valence-electron chi connectivity index (χ1n) is 11.5. The van der Waals surface area contributed by atoms with Crippen molar-refractivity contribution < 1.29 is 28.3 Å². The van der Waals surface area contributed by atoms with Gasteiger partial charge in [0.2, 0.25) is 5.91 Å². The molecular weight excluding hydrogens is 462 g/mol. The Morgan fingerprint density at radius 3 is 2.44 bits per heavy atom. The van der Waals surface area contributed by atoms with E-state index < -0.39 is 30.4 Å². The smallest absolute Gasteiger partial charge is 0.329 e. The molecule has 0 saturated carbocycles. The second-order valence-electron chi connectivity index (χ2n) is 8.67. The summed E-state index contributed by atoms with van der Waals surface area (Å²) in [6.45, 7) is 1.40. The van der Waals surface area contributed by atoms with Crippen LogP contribution in [0.1, 0.15) is 27.2 Å². The number of amides is 3. The molecule has 3 amide bonds. The molecule has 1 atom stereocenters. The Labute approximate surface area is 208 Å². The molecule has 1 aliphatic heterocycles. The quantitative estimate of drug-likeness (QED) is 0.511. The largest absolute Gasteiger partial charge is 0.459 e. The lowest BCUT2D eigenvalue weighted by molar-refractivity contribution is -0.156. The molecule has 0 fully saturated rings. The minimum atomic E-state index is -0.916. The second kappa shape index (κ2) is 10.9. The molecule has 36 heavy (non-hydrogen) atoms. The minimum absolute atomic E-state index is 0.113. The van der Waals surface area contributed by atoms with Crippen LogP contribution >= 0.6 is 0 Å². The SMILES string of the molecule is Cc1ccc(NC(=O)CN(C)C(=O)COC(=O)[C@@H]2Cc3ccccc3CN2C(=O)c2ccco2)cc1. The van der Waals surface area contributed by atoms with E-state index in [9.17, 15) is 19.2 Å². The number of nitrogens with one attached hydrogen (secondary N) is 1. The van der Waals surface area contributed by atoms with Crippen LogP contribution in [-0.2, 0) is 32.1 Å². The minimum Gasteiger partial charge on any atom is -0.459 e. The van der Waals surface area contributed by atoms with Crippen molar-refractivity contribution in [3.8, 4) is 0 Å². The molecule has 0 aliphatic carbocycles. The maximum absolute atomic E-state index is 13.0. The molecule has 1 N–H and O–H groups in total. The Morgan fingerprint density at radius 2 is 1.75 bits per heavy atom. The van der Waals surface area contributed by atoms with E-state index in [0.29, 0.717) is 5.69 Å². The number of esters is 1. The Bertz CT molecular complexity index is 1250. The number of carbonyl (C=O) groups excluding carboxylic acids is 4. The summed E-state index contributed by atoms with van der Waals surface area (Å²) < 4.78 is 10.5. The van der Waals surface area contributed by atoms with Gasteiger partial charge in [0.05, 0.1) is 12.8 Å². The number of benzene rings is 2. The zero-order chi connectivity index (χ0) is 25.7. The zero-order valence-corrected chi connectivity index (χ0v) is 20.1. The molecule has 1 aliphatic rings. The number of ether oxygens (including phenoxy) is 1. The van der Waals surface area contributed by atoms with E-state index in [2.05, 4.69) is 5.32 Å². The molecule has 0 bridgehead atoms. The number of aryl methyl sites for hydroxylation is 1. The molecule has 9 heteroatoms. The van der Waals surface area contributed by atoms with E-state index in [0.717, 1.165) is 16.7 Å². The van der Waals surface area contributed by atoms with Crippen LogP contribution in [0, 0.1) is 6.92 Å². The number of carbonyl (C=O) groups is 4. The lowest BCUT2D eigenvalue weighted by atomic mass is 9.93. The van der Waals surface area contributed by atoms with Crippen molar-refractivity contribution in [1.82, 2.24) is 9.80 Å². The molecule has 2 heterocycles. The van der Waals surface area contributed by atoms with Gasteiger partial charge in [-0.3, -0.25) is 14.4 Å². The summed E-state index contributed by atoms with van der Waals surface area (Å²) in [5.74, 6) is -1.94. The van der Waals surface area contributed by atoms with Crippen LogP contribution in [0.25, 0.3) is 0 Å². The van der Waals surface area contributed by atoms with Gasteiger partial charge >= 0.3 is 5.97 Å². The number of hydrogen-bond acceptors (Lipinski definition) is 6. The van der Waals surface area contributed by atoms with Crippen LogP contribution in [-0.4, -0.2) is 59.7 Å². The number of furan rings is 1. The maximum Gasteiger partial charge on any atom is 0.329 e. The van der Waals surface area contributed by atoms with Gasteiger partial charge in [0, 0.05) is 25.7 Å². The molecule has 0 radical (unpaired) electrons. The van der Waals surface area contributed by atoms with Gasteiger partial charge in [0.1, 0.15) is 6.04 Å². The van der Waals surface area contributed by atoms with Gasteiger partial charge in [-0.05, 0) is 42.3 Å². The highest BCUT2D eigenvalue weighted by Crippen LogP contribution is 2.26. The highest BCUT2D eigenvalue weighted by atomic mass is 16.5. The Kier molecular flexibility index (Phi) is 7.48. The van der Waals surface area contributed by atoms with Crippen LogP contribution in [0.5, 0.6) is 0 Å². The van der Waals surface area contributed by atoms with E-state index in [1.54, 1.807) is 18.2 Å². The second-order valence-corrected chi connectivity index (χ2v) is 8.67. The number of anilines is 1. The summed E-state index contributed by atoms with van der Waals surface area (Å²) >= 11 is 0. The summed E-state index contributed by atoms with van der Waals surface area (Å²) in [6.07, 6.45) is 1.65. The lowest BCUT2D eigenvalue weighted by Gasteiger charge is -2.34. The fourth-order valence-corrected chi connectivity index (χ4v) is 3.97. The zero-order valence-electron chi connectivity index (χ0n) is 20.1. The molecule has 9 nitrogen and oxygen atoms in total. The molecule has 0 spiro atoms. The predicted molar refractivity (Wildman–Crippen MR) is 131 cm³/mol. The van der Waals surface area contributed by atoms with Crippen molar-refractivity contribution in [3.05, 3.63) is 89.4 Å². The van der Waals surface area contributed by atoms with Gasteiger partial charge < -0.3 is 24.3 Å². The monoisotopic (exact) mass is 489 g/mol. The van der Waals surface area contributed by atoms with Gasteiger partial charge in [-0.2, -0.15) is 0 Å². The predicted octanol–water partition coefficient (Wildman–Crippen LogP) is 2.80. The standard InChI is InChI=1S/C27H27N3O6/c1-18-9-11-21(12-10-18)28-24(31)16-29(2)25(32)17-36-27(34)22-14-19-6-3-4-7-20(19)15-30(22)26(33)23-8-5-13-35-23/h3-13,22H,14-17H2,1-2H3,(H,28,31)/t22-/m0/s1. The van der Waals surface area contributed by atoms with E-state index in [1.165, 1.54) is 29.2 Å². The maximum atomic E-state index is 13.0. The molecule has 4 rings (SSSR count). The number of nitrogens with zero attached hydrogens (tertiary/aromatic N) is 2. The van der Waals surface area contributed by atoms with Crippen LogP contribution in [0.3, 0.4) is 0 Å². The van der Waals surface area contributed by atoms with E-state index in [-0.39, 0.29) is 31.2 Å². The Morgan fingerprint density at radius 1 is 1.03 bits per heavy atom. The summed E-state index contributed by atoms with van der Waals surface area (Å²) in [5, 5.41) is 2.72. The van der Waals surface area contributed by atoms with Crippen LogP contribution in [0.4, 0.5) is 5.69 Å². The van der Waals surface area contributed by atoms with Gasteiger partial charge in [-0.15, -0.1) is 0 Å². The van der Waals surface area contributed by atoms with Crippen molar-refractivity contribution in [1.29, 1.82) is 0 Å². The molecule has 1 aromatic heterocycles. The van der Waals surface area contributed by atoms with Gasteiger partial charge in [0.25, 0.3) is 11.8 Å². The first-order chi connectivity index (χ1) is 17.3. The van der Waals surface area contributed by atoms with Crippen LogP contribution in [0.2, 0.25) is 0 Å². The van der Waals surface area contributed by atoms with Gasteiger partial charge in [-0.1, -0.05) is 42.0 Å². The third-order valence-electron chi connectivity index (χ3n) is 5.99. The number of rotatable bonds is 7. The van der Waals surface area contributed by atoms with E-state index >= 15 is 0 Å². The molecule has 0 unspecified atom stereocenters. The van der Waals surface area contributed by atoms with Crippen molar-refractivity contribution in [2.45, 2.75) is 25.9 Å². The Hall–Kier alpha value is -4.40. The summed E-state index contributed by atoms with van der Waals surface area (Å²) in [4.78, 5) is 53.4. The van der Waals surface area contributed by atoms with Crippen LogP contribution < -0.4 is 5.32 Å². The Balaban J connectivity index is 1.36. The third-order valence-corrected chi connectivity index (χ3v) is 5.99. The molecule has 0 saturated heterocycles. The van der Waals surface area contributed by atoms with E-state index in [4.69, 9.17) is 9.15 Å². The highest BCUT2D eigenvalue weighted by molar-refractivity contribution is 5.96. The summed E-state index contributed by atoms with van der Waals surface area (Å²) in [5.41, 5.74) is 3.54. The summed E-state index contributed by atoms with van der Waals surface area (Å²) in [7, 11) is 1.45. The fraction of sp³-hybridized carbons (Fsp3) is 0.259. The average Bonchev–Trinajstić information content (AvgIpc) is 3.42. The lowest BCUT2D eigenvalue weighted by Crippen LogP contribution is -2.50. The van der Waals surface area contributed by atoms with Gasteiger partial charge in [0.15, 0.2) is 12.4 Å². The average molecular weight is 490 g/mol. The number of likely N-dealkylation sites (N-methyl/N-ethyl adjacent to an activating group) is 1. The molecule has 2 aromatic carbocycles. The van der Waals surface area contributed by atoms with Gasteiger partial charge in [-0.25, -0.2) is 4.79 Å². The topological polar surface area (TPSA) is 109 Å². The number of hydrogen-bond donors (Lipinski definition) is 1. The fourth-order valence-electron chi connectivity index (χ4n) is 3.97. The normalized spacial score (nSPS) is 14.5. The van der Waals surface area contributed by atoms with Crippen molar-refractivity contribution in [2.24, 2.45) is 0 Å². The first kappa shape index (κ1) is 24.7. The molecule has 186 valence electrons. The highest BCUT2D eigenvalue weighted by Gasteiger charge is 2.37. The third kappa shape index (κ3) is 5.80. The van der Waals surface area contributed by atoms with Crippen molar-refractivity contribution >= 4 is 29.4 Å². The summed E-state index contributed by atoms with van der Waals surface area (Å²) in [6, 6.07) is 17.0. The van der Waals surface area contributed by atoms with Crippen LogP contribution in [0.15, 0.2) is 71.3 Å². The molecule has 3 aromatic rings. The number of fused-ring (bicyclic) bond motifs is 1. The first-order valence-corrected chi connectivity index (χ1v) is 11.5. The van der Waals surface area contributed by atoms with Crippen molar-refractivity contribution in [3.63, 3.8) is 0 Å².